The first-order valence-electron chi connectivity index (χ1n) is 6.98. The Kier molecular flexibility index (Phi) is 3.71. The van der Waals surface area contributed by atoms with Crippen molar-refractivity contribution in [2.24, 2.45) is 11.8 Å². The van der Waals surface area contributed by atoms with Crippen molar-refractivity contribution in [3.8, 4) is 0 Å². The SMILES string of the molecule is O=C1C[C@H]2[C@H](C(=O)C=Cc3ccccc3)[C@@H](O)C=C[C@H]2O1. The minimum absolute atomic E-state index is 0.177. The lowest BCUT2D eigenvalue weighted by Gasteiger charge is -2.29. The average molecular weight is 284 g/mol. The van der Waals surface area contributed by atoms with Crippen LogP contribution >= 0.6 is 0 Å². The molecule has 0 amide bonds. The molecule has 108 valence electrons. The van der Waals surface area contributed by atoms with Crippen molar-refractivity contribution in [1.29, 1.82) is 0 Å². The Morgan fingerprint density at radius 3 is 2.76 bits per heavy atom. The molecule has 4 atom stereocenters. The highest BCUT2D eigenvalue weighted by Crippen LogP contribution is 2.36. The van der Waals surface area contributed by atoms with Gasteiger partial charge in [-0.05, 0) is 17.7 Å². The number of benzene rings is 1. The Balaban J connectivity index is 1.78. The van der Waals surface area contributed by atoms with Gasteiger partial charge in [0, 0.05) is 5.92 Å². The van der Waals surface area contributed by atoms with E-state index in [9.17, 15) is 14.7 Å². The molecule has 0 radical (unpaired) electrons. The average Bonchev–Trinajstić information content (AvgIpc) is 2.86. The lowest BCUT2D eigenvalue weighted by Crippen LogP contribution is -2.39. The van der Waals surface area contributed by atoms with Crippen LogP contribution in [0.4, 0.5) is 0 Å². The maximum absolute atomic E-state index is 12.4. The quantitative estimate of drug-likeness (QED) is 0.522. The monoisotopic (exact) mass is 284 g/mol. The van der Waals surface area contributed by atoms with Crippen molar-refractivity contribution in [2.75, 3.05) is 0 Å². The van der Waals surface area contributed by atoms with Crippen LogP contribution in [0, 0.1) is 11.8 Å². The fraction of sp³-hybridized carbons (Fsp3) is 0.294. The van der Waals surface area contributed by atoms with Crippen LogP contribution in [0.3, 0.4) is 0 Å². The largest absolute Gasteiger partial charge is 0.458 e. The van der Waals surface area contributed by atoms with Crippen LogP contribution in [-0.2, 0) is 14.3 Å². The Labute approximate surface area is 122 Å². The number of esters is 1. The van der Waals surface area contributed by atoms with Gasteiger partial charge in [-0.15, -0.1) is 0 Å². The third-order valence-electron chi connectivity index (χ3n) is 3.99. The second-order valence-electron chi connectivity index (χ2n) is 5.37. The van der Waals surface area contributed by atoms with E-state index in [0.29, 0.717) is 0 Å². The van der Waals surface area contributed by atoms with E-state index in [-0.39, 0.29) is 30.2 Å². The molecule has 0 unspecified atom stereocenters. The van der Waals surface area contributed by atoms with Gasteiger partial charge in [0.15, 0.2) is 5.78 Å². The number of hydrogen-bond acceptors (Lipinski definition) is 4. The van der Waals surface area contributed by atoms with E-state index in [1.54, 1.807) is 18.2 Å². The molecule has 0 saturated carbocycles. The molecule has 1 N–H and O–H groups in total. The molecule has 1 aromatic rings. The molecule has 2 aliphatic rings. The van der Waals surface area contributed by atoms with Gasteiger partial charge in [-0.3, -0.25) is 9.59 Å². The summed E-state index contributed by atoms with van der Waals surface area (Å²) in [6.07, 6.45) is 5.33. The van der Waals surface area contributed by atoms with Gasteiger partial charge in [0.1, 0.15) is 6.10 Å². The first kappa shape index (κ1) is 13.8. The molecule has 0 spiro atoms. The molecule has 1 aliphatic carbocycles. The highest BCUT2D eigenvalue weighted by atomic mass is 16.5. The standard InChI is InChI=1S/C17H16O4/c18-13(7-6-11-4-2-1-3-5-11)17-12-10-16(20)21-15(12)9-8-14(17)19/h1-9,12,14-15,17,19H,10H2/t12-,14+,15-,17-/m1/s1. The van der Waals surface area contributed by atoms with E-state index in [1.165, 1.54) is 6.08 Å². The summed E-state index contributed by atoms with van der Waals surface area (Å²) in [5.74, 6) is -1.38. The number of carbonyl (C=O) groups excluding carboxylic acids is 2. The van der Waals surface area contributed by atoms with E-state index >= 15 is 0 Å². The summed E-state index contributed by atoms with van der Waals surface area (Å²) in [4.78, 5) is 23.8. The van der Waals surface area contributed by atoms with E-state index in [4.69, 9.17) is 4.74 Å². The Morgan fingerprint density at radius 1 is 1.24 bits per heavy atom. The second kappa shape index (κ2) is 5.66. The third kappa shape index (κ3) is 2.81. The molecule has 1 fully saturated rings. The smallest absolute Gasteiger partial charge is 0.306 e. The summed E-state index contributed by atoms with van der Waals surface area (Å²) < 4.78 is 5.14. The summed E-state index contributed by atoms with van der Waals surface area (Å²) in [5.41, 5.74) is 0.919. The van der Waals surface area contributed by atoms with Crippen molar-refractivity contribution in [1.82, 2.24) is 0 Å². The Hall–Kier alpha value is -2.20. The van der Waals surface area contributed by atoms with Crippen LogP contribution < -0.4 is 0 Å². The van der Waals surface area contributed by atoms with Crippen LogP contribution in [0.25, 0.3) is 6.08 Å². The summed E-state index contributed by atoms with van der Waals surface area (Å²) in [5, 5.41) is 10.1. The minimum Gasteiger partial charge on any atom is -0.458 e. The number of carbonyl (C=O) groups is 2. The van der Waals surface area contributed by atoms with E-state index in [1.807, 2.05) is 30.3 Å². The van der Waals surface area contributed by atoms with Gasteiger partial charge in [-0.1, -0.05) is 42.5 Å². The maximum Gasteiger partial charge on any atom is 0.306 e. The van der Waals surface area contributed by atoms with E-state index in [0.717, 1.165) is 5.56 Å². The first-order valence-corrected chi connectivity index (χ1v) is 6.98. The molecule has 3 rings (SSSR count). The minimum atomic E-state index is -0.867. The molecule has 1 saturated heterocycles. The van der Waals surface area contributed by atoms with Crippen molar-refractivity contribution >= 4 is 17.8 Å². The lowest BCUT2D eigenvalue weighted by atomic mass is 9.76. The number of aliphatic hydroxyl groups excluding tert-OH is 1. The van der Waals surface area contributed by atoms with Crippen LogP contribution in [0.5, 0.6) is 0 Å². The van der Waals surface area contributed by atoms with Gasteiger partial charge in [0.05, 0.1) is 18.4 Å². The molecule has 1 aromatic carbocycles. The van der Waals surface area contributed by atoms with Crippen LogP contribution in [-0.4, -0.2) is 29.1 Å². The van der Waals surface area contributed by atoms with Gasteiger partial charge in [0.25, 0.3) is 0 Å². The van der Waals surface area contributed by atoms with Gasteiger partial charge in [-0.25, -0.2) is 0 Å². The first-order chi connectivity index (χ1) is 10.1. The highest BCUT2D eigenvalue weighted by molar-refractivity contribution is 5.96. The molecule has 21 heavy (non-hydrogen) atoms. The third-order valence-corrected chi connectivity index (χ3v) is 3.99. The molecule has 4 nitrogen and oxygen atoms in total. The van der Waals surface area contributed by atoms with Gasteiger partial charge >= 0.3 is 5.97 Å². The molecular formula is C17H16O4. The number of ketones is 1. The molecular weight excluding hydrogens is 268 g/mol. The number of hydrogen-bond donors (Lipinski definition) is 1. The van der Waals surface area contributed by atoms with Crippen molar-refractivity contribution < 1.29 is 19.4 Å². The molecule has 0 bridgehead atoms. The van der Waals surface area contributed by atoms with E-state index < -0.39 is 12.0 Å². The van der Waals surface area contributed by atoms with Crippen molar-refractivity contribution in [3.63, 3.8) is 0 Å². The predicted octanol–water partition coefficient (Wildman–Crippen LogP) is 1.75. The molecule has 1 aliphatic heterocycles. The number of fused-ring (bicyclic) bond motifs is 1. The fourth-order valence-corrected chi connectivity index (χ4v) is 2.94. The zero-order chi connectivity index (χ0) is 14.8. The Morgan fingerprint density at radius 2 is 2.00 bits per heavy atom. The Bertz CT molecular complexity index is 602. The van der Waals surface area contributed by atoms with Gasteiger partial charge in [-0.2, -0.15) is 0 Å². The topological polar surface area (TPSA) is 63.6 Å². The zero-order valence-corrected chi connectivity index (χ0v) is 11.4. The zero-order valence-electron chi connectivity index (χ0n) is 11.4. The predicted molar refractivity (Wildman–Crippen MR) is 77.1 cm³/mol. The van der Waals surface area contributed by atoms with E-state index in [2.05, 4.69) is 0 Å². The van der Waals surface area contributed by atoms with Crippen LogP contribution in [0.15, 0.2) is 48.6 Å². The van der Waals surface area contributed by atoms with Crippen molar-refractivity contribution in [2.45, 2.75) is 18.6 Å². The highest BCUT2D eigenvalue weighted by Gasteiger charge is 2.46. The lowest BCUT2D eigenvalue weighted by molar-refractivity contribution is -0.140. The molecule has 0 aromatic heterocycles. The fourth-order valence-electron chi connectivity index (χ4n) is 2.94. The van der Waals surface area contributed by atoms with Gasteiger partial charge < -0.3 is 9.84 Å². The second-order valence-corrected chi connectivity index (χ2v) is 5.37. The number of ether oxygens (including phenoxy) is 1. The molecule has 4 heteroatoms. The molecule has 1 heterocycles. The maximum atomic E-state index is 12.4. The number of aliphatic hydroxyl groups is 1. The summed E-state index contributed by atoms with van der Waals surface area (Å²) >= 11 is 0. The number of allylic oxidation sites excluding steroid dienone is 1. The van der Waals surface area contributed by atoms with Gasteiger partial charge in [0.2, 0.25) is 0 Å². The van der Waals surface area contributed by atoms with Crippen molar-refractivity contribution in [3.05, 3.63) is 54.1 Å². The normalized spacial score (nSPS) is 31.2. The summed E-state index contributed by atoms with van der Waals surface area (Å²) in [6, 6.07) is 9.47. The van der Waals surface area contributed by atoms with Crippen LogP contribution in [0.2, 0.25) is 0 Å². The summed E-state index contributed by atoms with van der Waals surface area (Å²) in [7, 11) is 0. The summed E-state index contributed by atoms with van der Waals surface area (Å²) in [6.45, 7) is 0. The number of rotatable bonds is 3. The van der Waals surface area contributed by atoms with Crippen LogP contribution in [0.1, 0.15) is 12.0 Å².